The summed E-state index contributed by atoms with van der Waals surface area (Å²) in [4.78, 5) is 3.54. The Morgan fingerprint density at radius 2 is 1.96 bits per heavy atom. The number of hydrogen-bond acceptors (Lipinski definition) is 5. The zero-order valence-electron chi connectivity index (χ0n) is 14.6. The first-order valence-corrected chi connectivity index (χ1v) is 10.1. The summed E-state index contributed by atoms with van der Waals surface area (Å²) in [6.45, 7) is 8.72. The van der Waals surface area contributed by atoms with Gasteiger partial charge in [-0.15, -0.1) is 10.2 Å². The summed E-state index contributed by atoms with van der Waals surface area (Å²) in [6.07, 6.45) is 0. The summed E-state index contributed by atoms with van der Waals surface area (Å²) in [6, 6.07) is 8.53. The van der Waals surface area contributed by atoms with E-state index in [-0.39, 0.29) is 10.8 Å². The SMILES string of the molecule is Cc1[nH]c2ccccc2c1C1SC=C2Sc3nnc(C(C)(C)C)n3N21. The monoisotopic (exact) mass is 369 g/mol. The van der Waals surface area contributed by atoms with E-state index in [9.17, 15) is 0 Å². The van der Waals surface area contributed by atoms with Gasteiger partial charge in [0.25, 0.3) is 0 Å². The Morgan fingerprint density at radius 1 is 1.16 bits per heavy atom. The molecule has 0 amide bonds. The average Bonchev–Trinajstić information content (AvgIpc) is 3.24. The number of hydrogen-bond donors (Lipinski definition) is 1. The number of benzene rings is 1. The first kappa shape index (κ1) is 15.4. The maximum absolute atomic E-state index is 4.48. The summed E-state index contributed by atoms with van der Waals surface area (Å²) >= 11 is 3.56. The molecule has 2 aliphatic rings. The third kappa shape index (κ3) is 2.12. The van der Waals surface area contributed by atoms with Crippen molar-refractivity contribution in [2.75, 3.05) is 5.01 Å². The van der Waals surface area contributed by atoms with Crippen molar-refractivity contribution in [3.8, 4) is 0 Å². The zero-order valence-corrected chi connectivity index (χ0v) is 16.2. The van der Waals surface area contributed by atoms with Gasteiger partial charge in [-0.1, -0.05) is 50.7 Å². The van der Waals surface area contributed by atoms with E-state index in [1.165, 1.54) is 27.2 Å². The van der Waals surface area contributed by atoms with Gasteiger partial charge in [0.15, 0.2) is 5.82 Å². The third-order valence-electron chi connectivity index (χ3n) is 4.63. The topological polar surface area (TPSA) is 49.7 Å². The minimum Gasteiger partial charge on any atom is -0.358 e. The van der Waals surface area contributed by atoms with Gasteiger partial charge < -0.3 is 4.98 Å². The van der Waals surface area contributed by atoms with Gasteiger partial charge in [-0.3, -0.25) is 5.01 Å². The third-order valence-corrected chi connectivity index (χ3v) is 6.78. The minimum absolute atomic E-state index is 0.0612. The van der Waals surface area contributed by atoms with Crippen molar-refractivity contribution < 1.29 is 0 Å². The number of nitrogens with one attached hydrogen (secondary N) is 1. The normalized spacial score (nSPS) is 19.4. The number of fused-ring (bicyclic) bond motifs is 4. The number of nitrogens with zero attached hydrogens (tertiary/aromatic N) is 4. The van der Waals surface area contributed by atoms with Gasteiger partial charge >= 0.3 is 0 Å². The maximum atomic E-state index is 4.48. The van der Waals surface area contributed by atoms with E-state index in [0.29, 0.717) is 0 Å². The number of thioether (sulfide) groups is 2. The lowest BCUT2D eigenvalue weighted by Gasteiger charge is -2.29. The quantitative estimate of drug-likeness (QED) is 0.676. The van der Waals surface area contributed by atoms with Crippen molar-refractivity contribution in [3.05, 3.63) is 51.8 Å². The summed E-state index contributed by atoms with van der Waals surface area (Å²) in [5.41, 5.74) is 3.69. The molecule has 2 aliphatic heterocycles. The van der Waals surface area contributed by atoms with Gasteiger partial charge in [-0.2, -0.15) is 0 Å². The van der Waals surface area contributed by atoms with E-state index in [1.54, 1.807) is 11.8 Å². The Bertz CT molecular complexity index is 1020. The van der Waals surface area contributed by atoms with Gasteiger partial charge in [-0.25, -0.2) is 4.68 Å². The predicted octanol–water partition coefficient (Wildman–Crippen LogP) is 4.65. The zero-order chi connectivity index (χ0) is 17.3. The lowest BCUT2D eigenvalue weighted by molar-refractivity contribution is 0.485. The molecule has 5 nitrogen and oxygen atoms in total. The van der Waals surface area contributed by atoms with Gasteiger partial charge in [-0.05, 0) is 24.8 Å². The lowest BCUT2D eigenvalue weighted by atomic mass is 9.96. The van der Waals surface area contributed by atoms with Crippen LogP contribution in [-0.4, -0.2) is 19.9 Å². The molecule has 0 bridgehead atoms. The van der Waals surface area contributed by atoms with Crippen LogP contribution in [0.5, 0.6) is 0 Å². The van der Waals surface area contributed by atoms with Crippen molar-refractivity contribution in [3.63, 3.8) is 0 Å². The molecule has 25 heavy (non-hydrogen) atoms. The molecule has 3 aromatic rings. The highest BCUT2D eigenvalue weighted by Gasteiger charge is 2.42. The predicted molar refractivity (Wildman–Crippen MR) is 104 cm³/mol. The molecule has 1 atom stereocenters. The number of para-hydroxylation sites is 1. The van der Waals surface area contributed by atoms with Crippen LogP contribution in [0.3, 0.4) is 0 Å². The molecule has 1 N–H and O–H groups in total. The molecule has 0 fully saturated rings. The molecule has 0 saturated carbocycles. The fraction of sp³-hybridized carbons (Fsp3) is 0.333. The van der Waals surface area contributed by atoms with E-state index in [2.05, 4.69) is 82.2 Å². The van der Waals surface area contributed by atoms with E-state index in [4.69, 9.17) is 0 Å². The average molecular weight is 370 g/mol. The standard InChI is InChI=1S/C18H19N5S2/c1-10-14(11-7-5-6-8-12(11)19-10)15-22-13(9-24-15)25-17-21-20-16(23(17)22)18(2,3)4/h5-9,15,19H,1-4H3. The van der Waals surface area contributed by atoms with Gasteiger partial charge in [0.2, 0.25) is 5.16 Å². The van der Waals surface area contributed by atoms with Crippen LogP contribution in [0.15, 0.2) is 39.9 Å². The fourth-order valence-corrected chi connectivity index (χ4v) is 5.87. The Morgan fingerprint density at radius 3 is 2.76 bits per heavy atom. The van der Waals surface area contributed by atoms with Crippen LogP contribution < -0.4 is 5.01 Å². The van der Waals surface area contributed by atoms with Crippen LogP contribution in [0.4, 0.5) is 0 Å². The molecular weight excluding hydrogens is 350 g/mol. The van der Waals surface area contributed by atoms with Gasteiger partial charge in [0, 0.05) is 33.0 Å². The Balaban J connectivity index is 1.68. The van der Waals surface area contributed by atoms with E-state index in [0.717, 1.165) is 11.0 Å². The lowest BCUT2D eigenvalue weighted by Crippen LogP contribution is -2.34. The highest BCUT2D eigenvalue weighted by Crippen LogP contribution is 2.53. The first-order valence-electron chi connectivity index (χ1n) is 8.31. The van der Waals surface area contributed by atoms with Crippen LogP contribution in [0.2, 0.25) is 0 Å². The van der Waals surface area contributed by atoms with Crippen molar-refractivity contribution in [1.29, 1.82) is 0 Å². The second-order valence-corrected chi connectivity index (χ2v) is 9.41. The summed E-state index contributed by atoms with van der Waals surface area (Å²) in [5, 5.41) is 17.2. The summed E-state index contributed by atoms with van der Waals surface area (Å²) in [7, 11) is 0. The highest BCUT2D eigenvalue weighted by molar-refractivity contribution is 8.07. The molecule has 4 heterocycles. The molecule has 0 radical (unpaired) electrons. The number of aryl methyl sites for hydroxylation is 1. The van der Waals surface area contributed by atoms with Crippen molar-refractivity contribution >= 4 is 34.4 Å². The molecule has 0 saturated heterocycles. The van der Waals surface area contributed by atoms with Crippen molar-refractivity contribution in [2.24, 2.45) is 0 Å². The molecule has 128 valence electrons. The van der Waals surface area contributed by atoms with Crippen LogP contribution in [0, 0.1) is 6.92 Å². The molecule has 1 aromatic carbocycles. The van der Waals surface area contributed by atoms with E-state index >= 15 is 0 Å². The van der Waals surface area contributed by atoms with Crippen LogP contribution >= 0.6 is 23.5 Å². The Hall–Kier alpha value is -1.86. The summed E-state index contributed by atoms with van der Waals surface area (Å²) < 4.78 is 2.21. The molecule has 1 unspecified atom stereocenters. The fourth-order valence-electron chi connectivity index (χ4n) is 3.52. The van der Waals surface area contributed by atoms with Crippen LogP contribution in [-0.2, 0) is 5.41 Å². The van der Waals surface area contributed by atoms with E-state index < -0.39 is 0 Å². The minimum atomic E-state index is -0.0612. The maximum Gasteiger partial charge on any atom is 0.216 e. The van der Waals surface area contributed by atoms with Crippen molar-refractivity contribution in [1.82, 2.24) is 19.9 Å². The molecule has 7 heteroatoms. The number of H-pyrrole nitrogens is 1. The highest BCUT2D eigenvalue weighted by atomic mass is 32.2. The summed E-state index contributed by atoms with van der Waals surface area (Å²) in [5.74, 6) is 1.00. The number of aromatic nitrogens is 4. The smallest absolute Gasteiger partial charge is 0.216 e. The van der Waals surface area contributed by atoms with Crippen LogP contribution in [0.25, 0.3) is 10.9 Å². The number of aromatic amines is 1. The van der Waals surface area contributed by atoms with Crippen LogP contribution in [0.1, 0.15) is 43.2 Å². The van der Waals surface area contributed by atoms with Gasteiger partial charge in [0.1, 0.15) is 10.4 Å². The molecule has 0 spiro atoms. The second-order valence-electron chi connectivity index (χ2n) is 7.47. The Labute approximate surface area is 154 Å². The van der Waals surface area contributed by atoms with E-state index in [1.807, 2.05) is 11.8 Å². The Kier molecular flexibility index (Phi) is 3.13. The number of rotatable bonds is 1. The molecule has 5 rings (SSSR count). The second kappa shape index (κ2) is 5.08. The largest absolute Gasteiger partial charge is 0.358 e. The molecule has 0 aliphatic carbocycles. The molecular formula is C18H19N5S2. The van der Waals surface area contributed by atoms with Crippen molar-refractivity contribution in [2.45, 2.75) is 43.6 Å². The van der Waals surface area contributed by atoms with Gasteiger partial charge in [0.05, 0.1) is 0 Å². The molecule has 2 aromatic heterocycles. The first-order chi connectivity index (χ1) is 11.9.